The third kappa shape index (κ3) is 2.85. The Kier molecular flexibility index (Phi) is 4.34. The summed E-state index contributed by atoms with van der Waals surface area (Å²) < 4.78 is 24.0. The van der Waals surface area contributed by atoms with Gasteiger partial charge in [-0.2, -0.15) is 0 Å². The quantitative estimate of drug-likeness (QED) is 0.837. The maximum atomic E-state index is 13.9. The highest BCUT2D eigenvalue weighted by atomic mass is 19.1. The summed E-state index contributed by atoms with van der Waals surface area (Å²) in [6.07, 6.45) is -0.0994. The number of amides is 1. The second-order valence-corrected chi connectivity index (χ2v) is 4.33. The van der Waals surface area contributed by atoms with E-state index in [0.717, 1.165) is 0 Å². The lowest BCUT2D eigenvalue weighted by atomic mass is 10.1. The van der Waals surface area contributed by atoms with Crippen LogP contribution in [0.5, 0.6) is 5.75 Å². The van der Waals surface area contributed by atoms with Crippen molar-refractivity contribution in [3.8, 4) is 5.75 Å². The van der Waals surface area contributed by atoms with Gasteiger partial charge in [0.05, 0.1) is 24.8 Å². The molecule has 6 heteroatoms. The van der Waals surface area contributed by atoms with Crippen molar-refractivity contribution in [2.75, 3.05) is 27.3 Å². The Bertz CT molecular complexity index is 467. The molecule has 1 aliphatic heterocycles. The van der Waals surface area contributed by atoms with E-state index in [4.69, 9.17) is 9.47 Å². The van der Waals surface area contributed by atoms with Crippen LogP contribution in [0.1, 0.15) is 10.4 Å². The van der Waals surface area contributed by atoms with E-state index in [-0.39, 0.29) is 23.5 Å². The number of hydrogen-bond donors (Lipinski definition) is 2. The van der Waals surface area contributed by atoms with E-state index in [1.54, 1.807) is 13.2 Å². The van der Waals surface area contributed by atoms with E-state index >= 15 is 0 Å². The van der Waals surface area contributed by atoms with Gasteiger partial charge in [0.2, 0.25) is 0 Å². The zero-order valence-electron chi connectivity index (χ0n) is 10.9. The molecule has 1 fully saturated rings. The van der Waals surface area contributed by atoms with Crippen molar-refractivity contribution in [3.63, 3.8) is 0 Å². The van der Waals surface area contributed by atoms with Gasteiger partial charge in [0, 0.05) is 20.2 Å². The summed E-state index contributed by atoms with van der Waals surface area (Å²) in [7, 11) is 2.95. The Morgan fingerprint density at radius 3 is 2.89 bits per heavy atom. The lowest BCUT2D eigenvalue weighted by Gasteiger charge is -2.18. The van der Waals surface area contributed by atoms with E-state index in [1.165, 1.54) is 19.2 Å². The Morgan fingerprint density at radius 2 is 2.21 bits per heavy atom. The number of halogens is 1. The van der Waals surface area contributed by atoms with Gasteiger partial charge in [-0.3, -0.25) is 4.79 Å². The smallest absolute Gasteiger partial charge is 0.254 e. The first-order valence-electron chi connectivity index (χ1n) is 6.04. The van der Waals surface area contributed by atoms with Gasteiger partial charge < -0.3 is 20.1 Å². The van der Waals surface area contributed by atoms with E-state index in [0.29, 0.717) is 13.1 Å². The van der Waals surface area contributed by atoms with Crippen LogP contribution >= 0.6 is 0 Å². The molecule has 0 radical (unpaired) electrons. The minimum absolute atomic E-state index is 0.0268. The summed E-state index contributed by atoms with van der Waals surface area (Å²) in [5.41, 5.74) is -0.0268. The number of carbonyl (C=O) groups is 1. The highest BCUT2D eigenvalue weighted by Crippen LogP contribution is 2.20. The summed E-state index contributed by atoms with van der Waals surface area (Å²) in [6.45, 7) is 1.28. The molecular weight excluding hydrogens is 251 g/mol. The summed E-state index contributed by atoms with van der Waals surface area (Å²) in [6, 6.07) is 4.32. The third-order valence-corrected chi connectivity index (χ3v) is 3.21. The zero-order chi connectivity index (χ0) is 13.8. The molecule has 0 saturated carbocycles. The van der Waals surface area contributed by atoms with Crippen LogP contribution in [0, 0.1) is 5.82 Å². The van der Waals surface area contributed by atoms with E-state index in [2.05, 4.69) is 10.6 Å². The van der Waals surface area contributed by atoms with Crippen LogP contribution in [0.4, 0.5) is 4.39 Å². The maximum Gasteiger partial charge on any atom is 0.254 e. The maximum absolute atomic E-state index is 13.9. The summed E-state index contributed by atoms with van der Waals surface area (Å²) >= 11 is 0. The molecule has 19 heavy (non-hydrogen) atoms. The van der Waals surface area contributed by atoms with Crippen molar-refractivity contribution in [2.45, 2.75) is 12.1 Å². The Morgan fingerprint density at radius 1 is 1.42 bits per heavy atom. The minimum atomic E-state index is -0.651. The van der Waals surface area contributed by atoms with Gasteiger partial charge in [0.15, 0.2) is 11.6 Å². The summed E-state index contributed by atoms with van der Waals surface area (Å²) in [5.74, 6) is -1.06. The van der Waals surface area contributed by atoms with Gasteiger partial charge in [-0.1, -0.05) is 6.07 Å². The summed E-state index contributed by atoms with van der Waals surface area (Å²) in [5, 5.41) is 5.88. The number of methoxy groups -OCH3 is 2. The average Bonchev–Trinajstić information content (AvgIpc) is 2.86. The Balaban J connectivity index is 2.12. The Hall–Kier alpha value is -1.66. The first kappa shape index (κ1) is 13.8. The molecule has 1 saturated heterocycles. The van der Waals surface area contributed by atoms with Gasteiger partial charge in [-0.05, 0) is 12.1 Å². The van der Waals surface area contributed by atoms with Crippen molar-refractivity contribution >= 4 is 5.91 Å². The fourth-order valence-electron chi connectivity index (χ4n) is 2.14. The number of ether oxygens (including phenoxy) is 2. The van der Waals surface area contributed by atoms with Crippen LogP contribution < -0.4 is 15.4 Å². The second kappa shape index (κ2) is 5.99. The minimum Gasteiger partial charge on any atom is -0.494 e. The SMILES string of the molecule is COc1cccc(C(=O)NC2CNC[C@@H]2OC)c1F. The zero-order valence-corrected chi connectivity index (χ0v) is 10.9. The van der Waals surface area contributed by atoms with Crippen LogP contribution in [0.25, 0.3) is 0 Å². The lowest BCUT2D eigenvalue weighted by Crippen LogP contribution is -2.43. The van der Waals surface area contributed by atoms with Gasteiger partial charge in [0.1, 0.15) is 0 Å². The molecule has 1 aliphatic rings. The molecule has 1 heterocycles. The second-order valence-electron chi connectivity index (χ2n) is 4.33. The van der Waals surface area contributed by atoms with Crippen LogP contribution in [-0.2, 0) is 4.74 Å². The third-order valence-electron chi connectivity index (χ3n) is 3.21. The molecule has 0 spiro atoms. The first-order chi connectivity index (χ1) is 9.17. The molecule has 1 aromatic carbocycles. The van der Waals surface area contributed by atoms with Crippen molar-refractivity contribution in [3.05, 3.63) is 29.6 Å². The molecule has 2 rings (SSSR count). The topological polar surface area (TPSA) is 59.6 Å². The normalized spacial score (nSPS) is 22.3. The molecule has 0 aliphatic carbocycles. The fraction of sp³-hybridized carbons (Fsp3) is 0.462. The van der Waals surface area contributed by atoms with Crippen LogP contribution in [0.3, 0.4) is 0 Å². The van der Waals surface area contributed by atoms with Gasteiger partial charge in [-0.15, -0.1) is 0 Å². The predicted octanol–water partition coefficient (Wildman–Crippen LogP) is 0.551. The van der Waals surface area contributed by atoms with Gasteiger partial charge >= 0.3 is 0 Å². The molecule has 2 atom stereocenters. The number of carbonyl (C=O) groups excluding carboxylic acids is 1. The van der Waals surface area contributed by atoms with E-state index in [9.17, 15) is 9.18 Å². The highest BCUT2D eigenvalue weighted by Gasteiger charge is 2.29. The van der Waals surface area contributed by atoms with Gasteiger partial charge in [0.25, 0.3) is 5.91 Å². The molecular formula is C13H17FN2O3. The summed E-state index contributed by atoms with van der Waals surface area (Å²) in [4.78, 5) is 12.1. The molecule has 1 unspecified atom stereocenters. The monoisotopic (exact) mass is 268 g/mol. The van der Waals surface area contributed by atoms with Crippen molar-refractivity contribution in [1.29, 1.82) is 0 Å². The average molecular weight is 268 g/mol. The molecule has 1 aromatic rings. The van der Waals surface area contributed by atoms with Gasteiger partial charge in [-0.25, -0.2) is 4.39 Å². The van der Waals surface area contributed by atoms with Crippen LogP contribution in [0.15, 0.2) is 18.2 Å². The number of hydrogen-bond acceptors (Lipinski definition) is 4. The number of rotatable bonds is 4. The molecule has 5 nitrogen and oxygen atoms in total. The number of benzene rings is 1. The lowest BCUT2D eigenvalue weighted by molar-refractivity contribution is 0.0776. The Labute approximate surface area is 111 Å². The fourth-order valence-corrected chi connectivity index (χ4v) is 2.14. The van der Waals surface area contributed by atoms with E-state index in [1.807, 2.05) is 0 Å². The predicted molar refractivity (Wildman–Crippen MR) is 67.9 cm³/mol. The molecule has 2 N–H and O–H groups in total. The molecule has 0 aromatic heterocycles. The van der Waals surface area contributed by atoms with Crippen molar-refractivity contribution in [1.82, 2.24) is 10.6 Å². The van der Waals surface area contributed by atoms with E-state index < -0.39 is 11.7 Å². The van der Waals surface area contributed by atoms with Crippen LogP contribution in [0.2, 0.25) is 0 Å². The van der Waals surface area contributed by atoms with Crippen molar-refractivity contribution in [2.24, 2.45) is 0 Å². The highest BCUT2D eigenvalue weighted by molar-refractivity contribution is 5.95. The number of nitrogens with one attached hydrogen (secondary N) is 2. The molecule has 104 valence electrons. The molecule has 0 bridgehead atoms. The first-order valence-corrected chi connectivity index (χ1v) is 6.04. The standard InChI is InChI=1S/C13H17FN2O3/c1-18-10-5-3-4-8(12(10)14)13(17)16-9-6-15-7-11(9)19-2/h3-5,9,11,15H,6-7H2,1-2H3,(H,16,17)/t9?,11-/m0/s1. The van der Waals surface area contributed by atoms with Crippen molar-refractivity contribution < 1.29 is 18.7 Å². The largest absolute Gasteiger partial charge is 0.494 e. The molecule has 1 amide bonds. The van der Waals surface area contributed by atoms with Crippen LogP contribution in [-0.4, -0.2) is 45.4 Å².